The molecule has 0 fully saturated rings. The highest BCUT2D eigenvalue weighted by atomic mass is 32.2. The van der Waals surface area contributed by atoms with Crippen molar-refractivity contribution in [3.63, 3.8) is 0 Å². The minimum Gasteiger partial charge on any atom is -0.380 e. The Balaban J connectivity index is 2.75. The van der Waals surface area contributed by atoms with Crippen molar-refractivity contribution in [3.8, 4) is 0 Å². The summed E-state index contributed by atoms with van der Waals surface area (Å²) in [6.07, 6.45) is 3.73. The van der Waals surface area contributed by atoms with Crippen molar-refractivity contribution in [2.45, 2.75) is 12.1 Å². The van der Waals surface area contributed by atoms with Gasteiger partial charge in [-0.25, -0.2) is 14.5 Å². The molecule has 2 rings (SSSR count). The zero-order valence-electron chi connectivity index (χ0n) is 7.35. The standard InChI is InChI=1S/C7H9N5S/c1-4-3-12-6(9-4)5(8)10-7(11-12)13-2/h3H,1-2H3,(H2,8,10,11). The van der Waals surface area contributed by atoms with Gasteiger partial charge in [0, 0.05) is 0 Å². The number of imidazole rings is 1. The van der Waals surface area contributed by atoms with E-state index in [-0.39, 0.29) is 0 Å². The van der Waals surface area contributed by atoms with Crippen molar-refractivity contribution in [3.05, 3.63) is 11.9 Å². The molecule has 0 amide bonds. The van der Waals surface area contributed by atoms with Gasteiger partial charge in [-0.15, -0.1) is 5.10 Å². The Hall–Kier alpha value is -1.30. The van der Waals surface area contributed by atoms with Crippen LogP contribution in [0.1, 0.15) is 5.69 Å². The first kappa shape index (κ1) is 8.31. The summed E-state index contributed by atoms with van der Waals surface area (Å²) in [7, 11) is 0. The summed E-state index contributed by atoms with van der Waals surface area (Å²) in [4.78, 5) is 8.27. The van der Waals surface area contributed by atoms with Gasteiger partial charge in [0.05, 0.1) is 11.9 Å². The zero-order chi connectivity index (χ0) is 9.42. The van der Waals surface area contributed by atoms with Gasteiger partial charge in [0.15, 0.2) is 11.5 Å². The van der Waals surface area contributed by atoms with Crippen LogP contribution in [0, 0.1) is 6.92 Å². The molecule has 0 aliphatic heterocycles. The summed E-state index contributed by atoms with van der Waals surface area (Å²) in [6, 6.07) is 0. The number of aryl methyl sites for hydroxylation is 1. The number of nitrogen functional groups attached to an aromatic ring is 1. The maximum atomic E-state index is 5.70. The minimum atomic E-state index is 0.424. The zero-order valence-corrected chi connectivity index (χ0v) is 8.17. The van der Waals surface area contributed by atoms with Gasteiger partial charge in [-0.1, -0.05) is 11.8 Å². The molecule has 2 N–H and O–H groups in total. The van der Waals surface area contributed by atoms with E-state index in [0.29, 0.717) is 16.6 Å². The Labute approximate surface area is 79.4 Å². The molecule has 5 nitrogen and oxygen atoms in total. The molecule has 0 atom stereocenters. The molecule has 0 spiro atoms. The molecule has 2 aromatic heterocycles. The first-order chi connectivity index (χ1) is 6.20. The van der Waals surface area contributed by atoms with Crippen LogP contribution in [-0.2, 0) is 0 Å². The van der Waals surface area contributed by atoms with Crippen molar-refractivity contribution in [1.29, 1.82) is 0 Å². The molecule has 0 aliphatic rings. The van der Waals surface area contributed by atoms with Gasteiger partial charge in [0.25, 0.3) is 0 Å². The number of rotatable bonds is 1. The molecule has 0 bridgehead atoms. The third-order valence-electron chi connectivity index (χ3n) is 1.63. The Kier molecular flexibility index (Phi) is 1.84. The van der Waals surface area contributed by atoms with Crippen molar-refractivity contribution < 1.29 is 0 Å². The summed E-state index contributed by atoms with van der Waals surface area (Å²) in [6.45, 7) is 1.90. The maximum Gasteiger partial charge on any atom is 0.209 e. The lowest BCUT2D eigenvalue weighted by atomic mass is 10.6. The molecular formula is C7H9N5S. The maximum absolute atomic E-state index is 5.70. The summed E-state index contributed by atoms with van der Waals surface area (Å²) in [5.74, 6) is 0.424. The quantitative estimate of drug-likeness (QED) is 0.679. The molecule has 68 valence electrons. The van der Waals surface area contributed by atoms with Gasteiger partial charge in [0.2, 0.25) is 5.16 Å². The normalized spacial score (nSPS) is 10.9. The second-order valence-electron chi connectivity index (χ2n) is 2.63. The van der Waals surface area contributed by atoms with Crippen LogP contribution >= 0.6 is 11.8 Å². The van der Waals surface area contributed by atoms with E-state index in [1.165, 1.54) is 11.8 Å². The highest BCUT2D eigenvalue weighted by molar-refractivity contribution is 7.98. The van der Waals surface area contributed by atoms with E-state index in [2.05, 4.69) is 15.1 Å². The SMILES string of the molecule is CSc1nc(N)c2nc(C)cn2n1. The first-order valence-electron chi connectivity index (χ1n) is 3.74. The largest absolute Gasteiger partial charge is 0.380 e. The van der Waals surface area contributed by atoms with E-state index in [1.807, 2.05) is 19.4 Å². The lowest BCUT2D eigenvalue weighted by Gasteiger charge is -1.98. The number of hydrogen-bond donors (Lipinski definition) is 1. The summed E-state index contributed by atoms with van der Waals surface area (Å²) in [5.41, 5.74) is 7.21. The molecule has 0 aromatic carbocycles. The van der Waals surface area contributed by atoms with E-state index in [4.69, 9.17) is 5.73 Å². The Morgan fingerprint density at radius 2 is 2.23 bits per heavy atom. The molecule has 2 heterocycles. The number of nitrogens with zero attached hydrogens (tertiary/aromatic N) is 4. The predicted molar refractivity (Wildman–Crippen MR) is 51.7 cm³/mol. The van der Waals surface area contributed by atoms with Gasteiger partial charge >= 0.3 is 0 Å². The Morgan fingerprint density at radius 1 is 1.46 bits per heavy atom. The fraction of sp³-hybridized carbons (Fsp3) is 0.286. The fourth-order valence-corrected chi connectivity index (χ4v) is 1.45. The van der Waals surface area contributed by atoms with Crippen LogP contribution in [0.5, 0.6) is 0 Å². The second-order valence-corrected chi connectivity index (χ2v) is 3.41. The highest BCUT2D eigenvalue weighted by Gasteiger charge is 2.06. The smallest absolute Gasteiger partial charge is 0.209 e. The van der Waals surface area contributed by atoms with Gasteiger partial charge in [-0.3, -0.25) is 0 Å². The summed E-state index contributed by atoms with van der Waals surface area (Å²) < 4.78 is 1.66. The van der Waals surface area contributed by atoms with Crippen LogP contribution < -0.4 is 5.73 Å². The summed E-state index contributed by atoms with van der Waals surface area (Å²) in [5, 5.41) is 4.86. The van der Waals surface area contributed by atoms with Crippen LogP contribution in [0.2, 0.25) is 0 Å². The van der Waals surface area contributed by atoms with Crippen molar-refractivity contribution in [1.82, 2.24) is 19.6 Å². The first-order valence-corrected chi connectivity index (χ1v) is 4.96. The number of fused-ring (bicyclic) bond motifs is 1. The highest BCUT2D eigenvalue weighted by Crippen LogP contribution is 2.14. The number of aromatic nitrogens is 4. The van der Waals surface area contributed by atoms with Crippen LogP contribution in [0.15, 0.2) is 11.4 Å². The van der Waals surface area contributed by atoms with Crippen molar-refractivity contribution >= 4 is 23.2 Å². The predicted octanol–water partition coefficient (Wildman–Crippen LogP) is 0.737. The van der Waals surface area contributed by atoms with Gasteiger partial charge in [-0.2, -0.15) is 0 Å². The third-order valence-corrected chi connectivity index (χ3v) is 2.17. The lowest BCUT2D eigenvalue weighted by molar-refractivity contribution is 0.800. The van der Waals surface area contributed by atoms with E-state index < -0.39 is 0 Å². The van der Waals surface area contributed by atoms with Crippen molar-refractivity contribution in [2.75, 3.05) is 12.0 Å². The molecule has 13 heavy (non-hydrogen) atoms. The monoisotopic (exact) mass is 195 g/mol. The average molecular weight is 195 g/mol. The third kappa shape index (κ3) is 1.33. The fourth-order valence-electron chi connectivity index (χ4n) is 1.09. The number of thioether (sulfide) groups is 1. The van der Waals surface area contributed by atoms with Crippen LogP contribution in [0.3, 0.4) is 0 Å². The minimum absolute atomic E-state index is 0.424. The molecule has 0 saturated heterocycles. The van der Waals surface area contributed by atoms with Crippen LogP contribution in [-0.4, -0.2) is 25.8 Å². The molecule has 0 radical (unpaired) electrons. The van der Waals surface area contributed by atoms with Gasteiger partial charge in [-0.05, 0) is 13.2 Å². The number of hydrogen-bond acceptors (Lipinski definition) is 5. The van der Waals surface area contributed by atoms with E-state index in [9.17, 15) is 0 Å². The molecule has 2 aromatic rings. The number of anilines is 1. The van der Waals surface area contributed by atoms with Gasteiger partial charge in [0.1, 0.15) is 0 Å². The van der Waals surface area contributed by atoms with Gasteiger partial charge < -0.3 is 5.73 Å². The van der Waals surface area contributed by atoms with E-state index >= 15 is 0 Å². The molecule has 6 heteroatoms. The molecule has 0 saturated carbocycles. The number of nitrogens with two attached hydrogens (primary N) is 1. The average Bonchev–Trinajstić information content (AvgIpc) is 2.46. The molecular weight excluding hydrogens is 186 g/mol. The Bertz CT molecular complexity index is 449. The molecule has 0 unspecified atom stereocenters. The molecule has 0 aliphatic carbocycles. The van der Waals surface area contributed by atoms with E-state index in [0.717, 1.165) is 5.69 Å². The topological polar surface area (TPSA) is 69.1 Å². The van der Waals surface area contributed by atoms with Crippen molar-refractivity contribution in [2.24, 2.45) is 0 Å². The van der Waals surface area contributed by atoms with Crippen LogP contribution in [0.4, 0.5) is 5.82 Å². The lowest BCUT2D eigenvalue weighted by Crippen LogP contribution is -2.01. The Morgan fingerprint density at radius 3 is 2.92 bits per heavy atom. The van der Waals surface area contributed by atoms with Crippen LogP contribution in [0.25, 0.3) is 5.65 Å². The summed E-state index contributed by atoms with van der Waals surface area (Å²) >= 11 is 1.46. The second kappa shape index (κ2) is 2.88. The van der Waals surface area contributed by atoms with E-state index in [1.54, 1.807) is 4.52 Å².